The molecule has 0 amide bonds. The molecule has 1 N–H and O–H groups in total. The molecule has 0 aromatic heterocycles. The summed E-state index contributed by atoms with van der Waals surface area (Å²) in [6.07, 6.45) is -0.270. The molecule has 48 heavy (non-hydrogen) atoms. The summed E-state index contributed by atoms with van der Waals surface area (Å²) in [5.41, 5.74) is 10.7. The highest BCUT2D eigenvalue weighted by Gasteiger charge is 2.21. The van der Waals surface area contributed by atoms with Gasteiger partial charge in [-0.05, 0) is 61.8 Å². The molecule has 8 rings (SSSR count). The van der Waals surface area contributed by atoms with Gasteiger partial charge in [0, 0.05) is 11.1 Å². The van der Waals surface area contributed by atoms with E-state index in [2.05, 4.69) is 121 Å². The zero-order valence-corrected chi connectivity index (χ0v) is 26.1. The van der Waals surface area contributed by atoms with E-state index in [0.29, 0.717) is 11.4 Å². The molecule has 1 unspecified atom stereocenters. The Morgan fingerprint density at radius 1 is 0.458 bits per heavy atom. The second-order valence-corrected chi connectivity index (χ2v) is 11.8. The number of benzene rings is 7. The molecule has 0 bridgehead atoms. The molecule has 0 aliphatic carbocycles. The summed E-state index contributed by atoms with van der Waals surface area (Å²) in [6, 6.07) is 60.7. The van der Waals surface area contributed by atoms with Crippen LogP contribution in [0.15, 0.2) is 180 Å². The first-order valence-corrected chi connectivity index (χ1v) is 16.0. The van der Waals surface area contributed by atoms with E-state index < -0.39 is 0 Å². The van der Waals surface area contributed by atoms with Crippen LogP contribution in [0.5, 0.6) is 0 Å². The summed E-state index contributed by atoms with van der Waals surface area (Å²) in [7, 11) is 0. The molecule has 1 aliphatic rings. The maximum Gasteiger partial charge on any atom is 0.159 e. The van der Waals surface area contributed by atoms with Crippen molar-refractivity contribution in [2.75, 3.05) is 0 Å². The van der Waals surface area contributed by atoms with E-state index in [1.54, 1.807) is 0 Å². The van der Waals surface area contributed by atoms with Crippen LogP contribution in [0.3, 0.4) is 0 Å². The second-order valence-electron chi connectivity index (χ2n) is 11.8. The fraction of sp³-hybridized carbons (Fsp3) is 0.0227. The molecular formula is C44H30N4. The average molecular weight is 615 g/mol. The van der Waals surface area contributed by atoms with Crippen LogP contribution in [0.1, 0.15) is 28.4 Å². The predicted molar refractivity (Wildman–Crippen MR) is 197 cm³/mol. The van der Waals surface area contributed by atoms with Crippen molar-refractivity contribution in [3.05, 3.63) is 192 Å². The van der Waals surface area contributed by atoms with Gasteiger partial charge < -0.3 is 5.32 Å². The van der Waals surface area contributed by atoms with Crippen molar-refractivity contribution in [1.82, 2.24) is 5.32 Å². The lowest BCUT2D eigenvalue weighted by molar-refractivity contribution is 0.674. The van der Waals surface area contributed by atoms with E-state index in [1.807, 2.05) is 60.7 Å². The zero-order chi connectivity index (χ0) is 32.3. The highest BCUT2D eigenvalue weighted by Crippen LogP contribution is 2.37. The summed E-state index contributed by atoms with van der Waals surface area (Å²) in [4.78, 5) is 9.94. The lowest BCUT2D eigenvalue weighted by atomic mass is 9.91. The molecule has 1 aliphatic heterocycles. The van der Waals surface area contributed by atoms with Crippen molar-refractivity contribution < 1.29 is 0 Å². The monoisotopic (exact) mass is 614 g/mol. The van der Waals surface area contributed by atoms with Gasteiger partial charge in [-0.3, -0.25) is 0 Å². The van der Waals surface area contributed by atoms with Gasteiger partial charge >= 0.3 is 0 Å². The van der Waals surface area contributed by atoms with E-state index in [0.717, 1.165) is 44.8 Å². The van der Waals surface area contributed by atoms with Gasteiger partial charge in [-0.2, -0.15) is 5.26 Å². The maximum absolute atomic E-state index is 9.14. The van der Waals surface area contributed by atoms with Crippen molar-refractivity contribution in [2.24, 2.45) is 9.98 Å². The lowest BCUT2D eigenvalue weighted by Crippen LogP contribution is -2.33. The molecule has 0 spiro atoms. The van der Waals surface area contributed by atoms with Crippen LogP contribution in [-0.2, 0) is 0 Å². The molecule has 4 nitrogen and oxygen atoms in total. The smallest absolute Gasteiger partial charge is 0.159 e. The minimum Gasteiger partial charge on any atom is -0.344 e. The van der Waals surface area contributed by atoms with Crippen LogP contribution in [-0.4, -0.2) is 11.7 Å². The van der Waals surface area contributed by atoms with Gasteiger partial charge in [0.2, 0.25) is 0 Å². The lowest BCUT2D eigenvalue weighted by Gasteiger charge is -2.24. The van der Waals surface area contributed by atoms with Crippen molar-refractivity contribution in [3.63, 3.8) is 0 Å². The van der Waals surface area contributed by atoms with Gasteiger partial charge in [0.1, 0.15) is 12.0 Å². The number of nitrogens with zero attached hydrogens (tertiary/aromatic N) is 3. The van der Waals surface area contributed by atoms with Gasteiger partial charge in [-0.25, -0.2) is 9.98 Å². The minimum absolute atomic E-state index is 0.270. The third-order valence-corrected chi connectivity index (χ3v) is 8.83. The van der Waals surface area contributed by atoms with Crippen molar-refractivity contribution >= 4 is 22.4 Å². The summed E-state index contributed by atoms with van der Waals surface area (Å²) >= 11 is 0. The molecule has 0 fully saturated rings. The molecule has 1 atom stereocenters. The van der Waals surface area contributed by atoms with Crippen molar-refractivity contribution in [2.45, 2.75) is 6.17 Å². The normalized spacial score (nSPS) is 14.0. The predicted octanol–water partition coefficient (Wildman–Crippen LogP) is 10.2. The average Bonchev–Trinajstić information content (AvgIpc) is 3.18. The number of nitriles is 1. The molecule has 0 saturated heterocycles. The highest BCUT2D eigenvalue weighted by atomic mass is 15.2. The van der Waals surface area contributed by atoms with Gasteiger partial charge in [-0.1, -0.05) is 158 Å². The molecule has 0 saturated carbocycles. The summed E-state index contributed by atoms with van der Waals surface area (Å²) in [5, 5.41) is 15.1. The Morgan fingerprint density at radius 2 is 0.938 bits per heavy atom. The minimum atomic E-state index is -0.270. The first kappa shape index (κ1) is 28.9. The van der Waals surface area contributed by atoms with E-state index in [9.17, 15) is 0 Å². The molecular weight excluding hydrogens is 585 g/mol. The van der Waals surface area contributed by atoms with E-state index in [4.69, 9.17) is 15.2 Å². The summed E-state index contributed by atoms with van der Waals surface area (Å²) in [6.45, 7) is 0. The first-order chi connectivity index (χ1) is 23.7. The van der Waals surface area contributed by atoms with Gasteiger partial charge in [0.25, 0.3) is 0 Å². The third kappa shape index (κ3) is 5.66. The largest absolute Gasteiger partial charge is 0.344 e. The van der Waals surface area contributed by atoms with Gasteiger partial charge in [0.05, 0.1) is 11.6 Å². The highest BCUT2D eigenvalue weighted by molar-refractivity contribution is 6.13. The first-order valence-electron chi connectivity index (χ1n) is 16.0. The molecule has 0 radical (unpaired) electrons. The third-order valence-electron chi connectivity index (χ3n) is 8.83. The van der Waals surface area contributed by atoms with Crippen LogP contribution in [0.4, 0.5) is 0 Å². The number of amidine groups is 2. The second kappa shape index (κ2) is 12.7. The number of nitrogens with one attached hydrogen (secondary N) is 1. The number of fused-ring (bicyclic) bond motifs is 1. The van der Waals surface area contributed by atoms with Crippen molar-refractivity contribution in [1.29, 1.82) is 5.26 Å². The van der Waals surface area contributed by atoms with E-state index in [-0.39, 0.29) is 6.17 Å². The SMILES string of the molecule is N#Cc1ccc(-c2ccc(-c3ccc(-c4ccc(C5N=C(c6ccccc6)N=C(c6ccccc6)N5)cc4)c4ccccc34)cc2)cc1. The summed E-state index contributed by atoms with van der Waals surface area (Å²) < 4.78 is 0. The van der Waals surface area contributed by atoms with Gasteiger partial charge in [0.15, 0.2) is 5.84 Å². The topological polar surface area (TPSA) is 60.5 Å². The Labute approximate surface area is 280 Å². The molecule has 7 aromatic rings. The fourth-order valence-electron chi connectivity index (χ4n) is 6.31. The molecule has 1 heterocycles. The molecule has 226 valence electrons. The molecule has 4 heteroatoms. The Hall–Kier alpha value is -6.57. The number of aliphatic imine (C=N–C) groups is 2. The Balaban J connectivity index is 1.10. The van der Waals surface area contributed by atoms with E-state index >= 15 is 0 Å². The molecule has 7 aromatic carbocycles. The van der Waals surface area contributed by atoms with Crippen LogP contribution < -0.4 is 5.32 Å². The Bertz CT molecular complexity index is 2330. The number of rotatable bonds is 6. The quantitative estimate of drug-likeness (QED) is 0.203. The van der Waals surface area contributed by atoms with Crippen molar-refractivity contribution in [3.8, 4) is 39.4 Å². The standard InChI is InChI=1S/C44H30N4/c45-29-30-15-17-31(18-16-30)32-19-21-33(22-20-32)38-27-28-39(41-14-8-7-13-40(38)41)34-23-25-37(26-24-34)44-47-42(35-9-3-1-4-10-35)46-43(48-44)36-11-5-2-6-12-36/h1-28,44H,(H,46,47,48). The van der Waals surface area contributed by atoms with E-state index in [1.165, 1.54) is 21.9 Å². The zero-order valence-electron chi connectivity index (χ0n) is 26.1. The summed E-state index contributed by atoms with van der Waals surface area (Å²) in [5.74, 6) is 1.53. The van der Waals surface area contributed by atoms with Gasteiger partial charge in [-0.15, -0.1) is 0 Å². The number of hydrogen-bond donors (Lipinski definition) is 1. The maximum atomic E-state index is 9.14. The Morgan fingerprint density at radius 3 is 1.50 bits per heavy atom. The van der Waals surface area contributed by atoms with Crippen LogP contribution >= 0.6 is 0 Å². The van der Waals surface area contributed by atoms with Crippen LogP contribution in [0.25, 0.3) is 44.2 Å². The number of hydrogen-bond acceptors (Lipinski definition) is 4. The van der Waals surface area contributed by atoms with Crippen LogP contribution in [0, 0.1) is 11.3 Å². The fourth-order valence-corrected chi connectivity index (χ4v) is 6.31. The Kier molecular flexibility index (Phi) is 7.62. The van der Waals surface area contributed by atoms with Crippen LogP contribution in [0.2, 0.25) is 0 Å².